The molecule has 2 aromatic rings. The molecule has 3 N–H and O–H groups in total. The van der Waals surface area contributed by atoms with E-state index in [1.54, 1.807) is 24.3 Å². The van der Waals surface area contributed by atoms with Gasteiger partial charge < -0.3 is 15.5 Å². The molecule has 1 aliphatic heterocycles. The SMILES string of the molecule is Cc1ccc(NC(=O)c2ccc(CC(=O)NC3C=C(C(C)(C)C)ON3)cc2)cc1. The summed E-state index contributed by atoms with van der Waals surface area (Å²) in [5, 5.41) is 5.74. The number of carbonyl (C=O) groups is 2. The molecule has 0 fully saturated rings. The molecular weight excluding hydrogens is 366 g/mol. The first-order valence-electron chi connectivity index (χ1n) is 9.62. The van der Waals surface area contributed by atoms with Crippen molar-refractivity contribution in [3.05, 3.63) is 77.1 Å². The van der Waals surface area contributed by atoms with Gasteiger partial charge in [-0.2, -0.15) is 0 Å². The molecule has 29 heavy (non-hydrogen) atoms. The van der Waals surface area contributed by atoms with Crippen LogP contribution in [0, 0.1) is 12.3 Å². The lowest BCUT2D eigenvalue weighted by Gasteiger charge is -2.17. The Balaban J connectivity index is 1.53. The van der Waals surface area contributed by atoms with Crippen LogP contribution in [0.1, 0.15) is 42.3 Å². The second kappa shape index (κ2) is 8.49. The van der Waals surface area contributed by atoms with Gasteiger partial charge in [0.1, 0.15) is 11.9 Å². The first-order valence-corrected chi connectivity index (χ1v) is 9.62. The van der Waals surface area contributed by atoms with Gasteiger partial charge in [-0.25, -0.2) is 0 Å². The Labute approximate surface area is 171 Å². The molecule has 3 rings (SSSR count). The summed E-state index contributed by atoms with van der Waals surface area (Å²) in [4.78, 5) is 30.1. The van der Waals surface area contributed by atoms with Crippen LogP contribution in [0.5, 0.6) is 0 Å². The van der Waals surface area contributed by atoms with Crippen molar-refractivity contribution in [1.29, 1.82) is 0 Å². The smallest absolute Gasteiger partial charge is 0.255 e. The van der Waals surface area contributed by atoms with E-state index < -0.39 is 0 Å². The highest BCUT2D eigenvalue weighted by Crippen LogP contribution is 2.28. The normalized spacial score (nSPS) is 16.0. The Morgan fingerprint density at radius 2 is 1.69 bits per heavy atom. The monoisotopic (exact) mass is 393 g/mol. The van der Waals surface area contributed by atoms with Gasteiger partial charge in [0.2, 0.25) is 5.91 Å². The first kappa shape index (κ1) is 20.6. The summed E-state index contributed by atoms with van der Waals surface area (Å²) in [6, 6.07) is 14.7. The number of hydrogen-bond acceptors (Lipinski definition) is 4. The van der Waals surface area contributed by atoms with Crippen LogP contribution in [0.3, 0.4) is 0 Å². The van der Waals surface area contributed by atoms with E-state index in [4.69, 9.17) is 4.84 Å². The summed E-state index contributed by atoms with van der Waals surface area (Å²) in [5.41, 5.74) is 5.93. The molecule has 6 heteroatoms. The van der Waals surface area contributed by atoms with E-state index in [1.165, 1.54) is 0 Å². The number of amides is 2. The Bertz CT molecular complexity index is 910. The predicted octanol–water partition coefficient (Wildman–Crippen LogP) is 3.70. The molecule has 1 unspecified atom stereocenters. The van der Waals surface area contributed by atoms with Crippen molar-refractivity contribution in [3.63, 3.8) is 0 Å². The minimum atomic E-state index is -0.351. The van der Waals surface area contributed by atoms with Crippen LogP contribution < -0.4 is 16.1 Å². The molecule has 0 saturated heterocycles. The number of allylic oxidation sites excluding steroid dienone is 1. The Morgan fingerprint density at radius 3 is 2.28 bits per heavy atom. The third-order valence-electron chi connectivity index (χ3n) is 4.56. The minimum absolute atomic E-state index is 0.124. The first-order chi connectivity index (χ1) is 13.7. The molecule has 6 nitrogen and oxygen atoms in total. The summed E-state index contributed by atoms with van der Waals surface area (Å²) < 4.78 is 0. The highest BCUT2D eigenvalue weighted by atomic mass is 16.7. The zero-order chi connectivity index (χ0) is 21.0. The van der Waals surface area contributed by atoms with E-state index in [1.807, 2.05) is 58.0 Å². The van der Waals surface area contributed by atoms with Crippen LogP contribution in [0.25, 0.3) is 0 Å². The second-order valence-electron chi connectivity index (χ2n) is 8.24. The highest BCUT2D eigenvalue weighted by Gasteiger charge is 2.27. The lowest BCUT2D eigenvalue weighted by atomic mass is 9.93. The van der Waals surface area contributed by atoms with E-state index in [-0.39, 0.29) is 29.8 Å². The zero-order valence-electron chi connectivity index (χ0n) is 17.2. The van der Waals surface area contributed by atoms with Gasteiger partial charge >= 0.3 is 0 Å². The van der Waals surface area contributed by atoms with Crippen molar-refractivity contribution in [1.82, 2.24) is 10.8 Å². The van der Waals surface area contributed by atoms with Gasteiger partial charge in [-0.3, -0.25) is 9.59 Å². The number of anilines is 1. The van der Waals surface area contributed by atoms with Gasteiger partial charge in [-0.1, -0.05) is 50.6 Å². The number of benzene rings is 2. The van der Waals surface area contributed by atoms with Crippen LogP contribution >= 0.6 is 0 Å². The van der Waals surface area contributed by atoms with Crippen LogP contribution in [0.2, 0.25) is 0 Å². The molecule has 0 aromatic heterocycles. The number of rotatable bonds is 5. The highest BCUT2D eigenvalue weighted by molar-refractivity contribution is 6.04. The Hall–Kier alpha value is -3.12. The number of hydrogen-bond donors (Lipinski definition) is 3. The molecule has 2 aromatic carbocycles. The van der Waals surface area contributed by atoms with E-state index in [2.05, 4.69) is 16.1 Å². The quantitative estimate of drug-likeness (QED) is 0.724. The van der Waals surface area contributed by atoms with E-state index in [9.17, 15) is 9.59 Å². The van der Waals surface area contributed by atoms with Gasteiger partial charge in [0, 0.05) is 16.7 Å². The molecule has 0 radical (unpaired) electrons. The van der Waals surface area contributed by atoms with E-state index in [0.29, 0.717) is 5.56 Å². The van der Waals surface area contributed by atoms with Gasteiger partial charge in [0.05, 0.1) is 6.42 Å². The number of hydroxylamine groups is 1. The molecule has 0 bridgehead atoms. The van der Waals surface area contributed by atoms with Gasteiger partial charge in [0.25, 0.3) is 5.91 Å². The summed E-state index contributed by atoms with van der Waals surface area (Å²) in [7, 11) is 0. The molecule has 0 aliphatic carbocycles. The van der Waals surface area contributed by atoms with Crippen molar-refractivity contribution in [3.8, 4) is 0 Å². The number of nitrogens with one attached hydrogen (secondary N) is 3. The molecule has 1 heterocycles. The molecule has 0 spiro atoms. The Kier molecular flexibility index (Phi) is 6.03. The average Bonchev–Trinajstić information content (AvgIpc) is 3.13. The van der Waals surface area contributed by atoms with Crippen LogP contribution in [0.4, 0.5) is 5.69 Å². The lowest BCUT2D eigenvalue weighted by Crippen LogP contribution is -2.41. The fourth-order valence-electron chi connectivity index (χ4n) is 2.84. The van der Waals surface area contributed by atoms with Crippen molar-refractivity contribution in [2.45, 2.75) is 40.3 Å². The van der Waals surface area contributed by atoms with Crippen LogP contribution in [0.15, 0.2) is 60.4 Å². The number of aryl methyl sites for hydroxylation is 1. The lowest BCUT2D eigenvalue weighted by molar-refractivity contribution is -0.121. The second-order valence-corrected chi connectivity index (χ2v) is 8.24. The van der Waals surface area contributed by atoms with Crippen molar-refractivity contribution in [2.75, 3.05) is 5.32 Å². The fourth-order valence-corrected chi connectivity index (χ4v) is 2.84. The Morgan fingerprint density at radius 1 is 1.03 bits per heavy atom. The van der Waals surface area contributed by atoms with Gasteiger partial charge in [-0.05, 0) is 42.8 Å². The topological polar surface area (TPSA) is 79.5 Å². The van der Waals surface area contributed by atoms with E-state index >= 15 is 0 Å². The maximum Gasteiger partial charge on any atom is 0.255 e. The summed E-state index contributed by atoms with van der Waals surface area (Å²) in [6.45, 7) is 8.12. The average molecular weight is 393 g/mol. The molecule has 152 valence electrons. The van der Waals surface area contributed by atoms with Crippen LogP contribution in [-0.4, -0.2) is 18.0 Å². The van der Waals surface area contributed by atoms with Crippen molar-refractivity contribution >= 4 is 17.5 Å². The van der Waals surface area contributed by atoms with Crippen molar-refractivity contribution in [2.24, 2.45) is 5.41 Å². The molecule has 1 aliphatic rings. The molecule has 0 saturated carbocycles. The summed E-state index contributed by atoms with van der Waals surface area (Å²) >= 11 is 0. The summed E-state index contributed by atoms with van der Waals surface area (Å²) in [5.74, 6) is 0.484. The maximum absolute atomic E-state index is 12.4. The summed E-state index contributed by atoms with van der Waals surface area (Å²) in [6.07, 6.45) is 1.74. The molecule has 2 amide bonds. The molecular formula is C23H27N3O3. The largest absolute Gasteiger partial charge is 0.410 e. The minimum Gasteiger partial charge on any atom is -0.410 e. The third-order valence-corrected chi connectivity index (χ3v) is 4.56. The number of carbonyl (C=O) groups excluding carboxylic acids is 2. The maximum atomic E-state index is 12.4. The van der Waals surface area contributed by atoms with Crippen LogP contribution in [-0.2, 0) is 16.1 Å². The fraction of sp³-hybridized carbons (Fsp3) is 0.304. The van der Waals surface area contributed by atoms with Gasteiger partial charge in [-0.15, -0.1) is 5.48 Å². The predicted molar refractivity (Wildman–Crippen MR) is 113 cm³/mol. The van der Waals surface area contributed by atoms with Crippen molar-refractivity contribution < 1.29 is 14.4 Å². The zero-order valence-corrected chi connectivity index (χ0v) is 17.2. The van der Waals surface area contributed by atoms with E-state index in [0.717, 1.165) is 22.6 Å². The van der Waals surface area contributed by atoms with Gasteiger partial charge in [0.15, 0.2) is 0 Å². The molecule has 1 atom stereocenters. The third kappa shape index (κ3) is 5.68. The standard InChI is InChI=1S/C23H27N3O3/c1-15-5-11-18(12-6-15)24-22(28)17-9-7-16(8-10-17)13-21(27)25-20-14-19(29-26-20)23(2,3)4/h5-12,14,20,26H,13H2,1-4H3,(H,24,28)(H,25,27).